The van der Waals surface area contributed by atoms with E-state index in [1.54, 1.807) is 30.3 Å². The molecule has 30 heavy (non-hydrogen) atoms. The van der Waals surface area contributed by atoms with Crippen LogP contribution >= 0.6 is 0 Å². The van der Waals surface area contributed by atoms with Gasteiger partial charge in [0.1, 0.15) is 0 Å². The molecule has 7 heteroatoms. The van der Waals surface area contributed by atoms with Crippen molar-refractivity contribution in [1.29, 1.82) is 0 Å². The summed E-state index contributed by atoms with van der Waals surface area (Å²) < 4.78 is 28.9. The average molecular weight is 429 g/mol. The fourth-order valence-electron chi connectivity index (χ4n) is 3.71. The SMILES string of the molecule is CCN(C)C/C=C\c1ccccc1S(=O)(=O)Nc1ccc2c(c1C(=O)O)CCCC2. The molecule has 6 nitrogen and oxygen atoms in total. The predicted molar refractivity (Wildman–Crippen MR) is 119 cm³/mol. The number of nitrogens with zero attached hydrogens (tertiary/aromatic N) is 1. The number of hydrogen-bond donors (Lipinski definition) is 2. The second-order valence-corrected chi connectivity index (χ2v) is 9.19. The number of carboxylic acid groups (broad SMARTS) is 1. The van der Waals surface area contributed by atoms with Gasteiger partial charge in [0.05, 0.1) is 16.1 Å². The van der Waals surface area contributed by atoms with Gasteiger partial charge in [0.2, 0.25) is 0 Å². The van der Waals surface area contributed by atoms with Crippen LogP contribution in [0.5, 0.6) is 0 Å². The van der Waals surface area contributed by atoms with E-state index in [1.807, 2.05) is 19.2 Å². The van der Waals surface area contributed by atoms with Crippen LogP contribution in [0.15, 0.2) is 47.4 Å². The summed E-state index contributed by atoms with van der Waals surface area (Å²) >= 11 is 0. The molecule has 0 saturated heterocycles. The summed E-state index contributed by atoms with van der Waals surface area (Å²) in [4.78, 5) is 14.2. The number of likely N-dealkylation sites (N-methyl/N-ethyl adjacent to an activating group) is 1. The van der Waals surface area contributed by atoms with Crippen LogP contribution in [-0.4, -0.2) is 44.5 Å². The van der Waals surface area contributed by atoms with Gasteiger partial charge in [-0.15, -0.1) is 0 Å². The molecule has 0 amide bonds. The van der Waals surface area contributed by atoms with Gasteiger partial charge >= 0.3 is 5.97 Å². The van der Waals surface area contributed by atoms with Crippen molar-refractivity contribution in [3.05, 3.63) is 64.7 Å². The third kappa shape index (κ3) is 4.91. The van der Waals surface area contributed by atoms with Crippen LogP contribution < -0.4 is 4.72 Å². The summed E-state index contributed by atoms with van der Waals surface area (Å²) in [5.41, 5.74) is 2.47. The Bertz CT molecular complexity index is 1060. The number of benzene rings is 2. The van der Waals surface area contributed by atoms with E-state index in [1.165, 1.54) is 6.07 Å². The first kappa shape index (κ1) is 22.1. The third-order valence-electron chi connectivity index (χ3n) is 5.45. The van der Waals surface area contributed by atoms with Crippen molar-refractivity contribution in [2.75, 3.05) is 24.9 Å². The van der Waals surface area contributed by atoms with Crippen LogP contribution in [0.1, 0.15) is 46.8 Å². The Labute approximate surface area is 178 Å². The van der Waals surface area contributed by atoms with Crippen LogP contribution in [-0.2, 0) is 22.9 Å². The highest BCUT2D eigenvalue weighted by molar-refractivity contribution is 7.92. The second kappa shape index (κ2) is 9.45. The lowest BCUT2D eigenvalue weighted by molar-refractivity contribution is 0.0696. The largest absolute Gasteiger partial charge is 0.478 e. The Balaban J connectivity index is 1.96. The van der Waals surface area contributed by atoms with Crippen molar-refractivity contribution < 1.29 is 18.3 Å². The number of fused-ring (bicyclic) bond motifs is 1. The lowest BCUT2D eigenvalue weighted by Gasteiger charge is -2.21. The van der Waals surface area contributed by atoms with E-state index >= 15 is 0 Å². The summed E-state index contributed by atoms with van der Waals surface area (Å²) in [5, 5.41) is 9.78. The molecule has 1 aliphatic carbocycles. The standard InChI is InChI=1S/C23H28N2O4S/c1-3-25(2)16-8-11-18-10-5-7-13-21(18)30(28,29)24-20-15-14-17-9-4-6-12-19(17)22(20)23(26)27/h5,7-8,10-11,13-15,24H,3-4,6,9,12,16H2,1-2H3,(H,26,27)/b11-8-. The van der Waals surface area contributed by atoms with Crippen molar-refractivity contribution >= 4 is 27.8 Å². The van der Waals surface area contributed by atoms with Gasteiger partial charge in [-0.05, 0) is 68.1 Å². The van der Waals surface area contributed by atoms with E-state index in [4.69, 9.17) is 0 Å². The zero-order valence-electron chi connectivity index (χ0n) is 17.4. The molecule has 0 heterocycles. The van der Waals surface area contributed by atoms with Crippen LogP contribution in [0.3, 0.4) is 0 Å². The average Bonchev–Trinajstić information content (AvgIpc) is 2.73. The second-order valence-electron chi connectivity index (χ2n) is 7.54. The van der Waals surface area contributed by atoms with E-state index in [0.717, 1.165) is 36.9 Å². The van der Waals surface area contributed by atoms with Gasteiger partial charge in [0.15, 0.2) is 0 Å². The molecule has 3 rings (SSSR count). The highest BCUT2D eigenvalue weighted by Gasteiger charge is 2.25. The monoisotopic (exact) mass is 428 g/mol. The lowest BCUT2D eigenvalue weighted by atomic mass is 9.87. The maximum Gasteiger partial charge on any atom is 0.338 e. The molecule has 0 spiro atoms. The van der Waals surface area contributed by atoms with Crippen molar-refractivity contribution in [2.24, 2.45) is 0 Å². The summed E-state index contributed by atoms with van der Waals surface area (Å²) in [6, 6.07) is 10.1. The van der Waals surface area contributed by atoms with Crippen molar-refractivity contribution in [2.45, 2.75) is 37.5 Å². The number of carboxylic acids is 1. The first-order valence-electron chi connectivity index (χ1n) is 10.2. The number of rotatable bonds is 8. The Morgan fingerprint density at radius 1 is 1.17 bits per heavy atom. The molecule has 0 unspecified atom stereocenters. The zero-order valence-corrected chi connectivity index (χ0v) is 18.2. The topological polar surface area (TPSA) is 86.7 Å². The smallest absolute Gasteiger partial charge is 0.338 e. The minimum absolute atomic E-state index is 0.0633. The predicted octanol–water partition coefficient (Wildman–Crippen LogP) is 4.03. The molecule has 0 bridgehead atoms. The Kier molecular flexibility index (Phi) is 6.95. The molecule has 0 aliphatic heterocycles. The molecule has 1 aliphatic rings. The highest BCUT2D eigenvalue weighted by atomic mass is 32.2. The fraction of sp³-hybridized carbons (Fsp3) is 0.348. The number of sulfonamides is 1. The van der Waals surface area contributed by atoms with Crippen LogP contribution in [0, 0.1) is 0 Å². The van der Waals surface area contributed by atoms with Gasteiger partial charge in [-0.25, -0.2) is 13.2 Å². The van der Waals surface area contributed by atoms with E-state index < -0.39 is 16.0 Å². The lowest BCUT2D eigenvalue weighted by Crippen LogP contribution is -2.19. The van der Waals surface area contributed by atoms with E-state index in [-0.39, 0.29) is 16.1 Å². The molecular weight excluding hydrogens is 400 g/mol. The Morgan fingerprint density at radius 3 is 2.63 bits per heavy atom. The minimum Gasteiger partial charge on any atom is -0.478 e. The maximum atomic E-state index is 13.2. The normalized spacial score (nSPS) is 14.1. The number of aryl methyl sites for hydroxylation is 1. The van der Waals surface area contributed by atoms with E-state index in [2.05, 4.69) is 16.5 Å². The van der Waals surface area contributed by atoms with Crippen LogP contribution in [0.4, 0.5) is 5.69 Å². The number of aromatic carboxylic acids is 1. The summed E-state index contributed by atoms with van der Waals surface area (Å²) in [6.45, 7) is 3.64. The molecule has 0 fully saturated rings. The summed E-state index contributed by atoms with van der Waals surface area (Å²) in [5.74, 6) is -1.11. The van der Waals surface area contributed by atoms with Gasteiger partial charge in [-0.3, -0.25) is 4.72 Å². The molecule has 0 saturated carbocycles. The minimum atomic E-state index is -3.96. The number of nitrogens with one attached hydrogen (secondary N) is 1. The fourth-order valence-corrected chi connectivity index (χ4v) is 4.98. The quantitative estimate of drug-likeness (QED) is 0.663. The number of anilines is 1. The van der Waals surface area contributed by atoms with Gasteiger partial charge in [0.25, 0.3) is 10.0 Å². The number of carbonyl (C=O) groups is 1. The molecule has 0 radical (unpaired) electrons. The van der Waals surface area contributed by atoms with Crippen molar-refractivity contribution in [3.63, 3.8) is 0 Å². The maximum absolute atomic E-state index is 13.2. The van der Waals surface area contributed by atoms with Gasteiger partial charge in [-0.2, -0.15) is 0 Å². The molecule has 2 aromatic rings. The Morgan fingerprint density at radius 2 is 1.90 bits per heavy atom. The molecule has 0 aromatic heterocycles. The van der Waals surface area contributed by atoms with Gasteiger partial charge in [0, 0.05) is 6.54 Å². The summed E-state index contributed by atoms with van der Waals surface area (Å²) in [6.07, 6.45) is 7.10. The third-order valence-corrected chi connectivity index (χ3v) is 6.89. The molecular formula is C23H28N2O4S. The van der Waals surface area contributed by atoms with E-state index in [0.29, 0.717) is 18.5 Å². The van der Waals surface area contributed by atoms with Crippen LogP contribution in [0.2, 0.25) is 0 Å². The first-order chi connectivity index (χ1) is 14.3. The molecule has 2 N–H and O–H groups in total. The van der Waals surface area contributed by atoms with E-state index in [9.17, 15) is 18.3 Å². The molecule has 160 valence electrons. The zero-order chi connectivity index (χ0) is 21.7. The van der Waals surface area contributed by atoms with Crippen LogP contribution in [0.25, 0.3) is 6.08 Å². The Hall–Kier alpha value is -2.64. The first-order valence-corrected chi connectivity index (χ1v) is 11.7. The molecule has 2 aromatic carbocycles. The van der Waals surface area contributed by atoms with Gasteiger partial charge in [-0.1, -0.05) is 43.3 Å². The van der Waals surface area contributed by atoms with Crippen molar-refractivity contribution in [3.8, 4) is 0 Å². The van der Waals surface area contributed by atoms with Gasteiger partial charge < -0.3 is 10.0 Å². The highest BCUT2D eigenvalue weighted by Crippen LogP contribution is 2.31. The number of hydrogen-bond acceptors (Lipinski definition) is 4. The van der Waals surface area contributed by atoms with Crippen molar-refractivity contribution in [1.82, 2.24) is 4.90 Å². The summed E-state index contributed by atoms with van der Waals surface area (Å²) in [7, 11) is -1.98. The molecule has 0 atom stereocenters.